The van der Waals surface area contributed by atoms with Crippen LogP contribution in [0.15, 0.2) is 89.8 Å². The van der Waals surface area contributed by atoms with Gasteiger partial charge in [-0.25, -0.2) is 8.42 Å². The molecule has 0 aliphatic heterocycles. The number of nitrogens with one attached hydrogen (secondary N) is 1. The molecule has 6 nitrogen and oxygen atoms in total. The molecule has 0 bridgehead atoms. The SMILES string of the molecule is CC(C)[C@@H](C)NC(=O)CN(c1ccc(Oc2ccccc2)cc1)S(=O)(=O)c1ccccc1. The van der Waals surface area contributed by atoms with Crippen molar-refractivity contribution in [2.75, 3.05) is 10.8 Å². The Labute approximate surface area is 189 Å². The lowest BCUT2D eigenvalue weighted by Crippen LogP contribution is -2.44. The number of carbonyl (C=O) groups is 1. The highest BCUT2D eigenvalue weighted by atomic mass is 32.2. The zero-order chi connectivity index (χ0) is 23.1. The fraction of sp³-hybridized carbons (Fsp3) is 0.240. The molecule has 0 heterocycles. The summed E-state index contributed by atoms with van der Waals surface area (Å²) in [5.74, 6) is 1.11. The Hall–Kier alpha value is -3.32. The summed E-state index contributed by atoms with van der Waals surface area (Å²) in [4.78, 5) is 12.8. The van der Waals surface area contributed by atoms with Crippen LogP contribution in [-0.4, -0.2) is 26.9 Å². The van der Waals surface area contributed by atoms with Gasteiger partial charge in [-0.1, -0.05) is 50.2 Å². The molecule has 0 unspecified atom stereocenters. The van der Waals surface area contributed by atoms with Crippen molar-refractivity contribution in [3.8, 4) is 11.5 Å². The van der Waals surface area contributed by atoms with Crippen molar-refractivity contribution in [3.63, 3.8) is 0 Å². The number of rotatable bonds is 9. The van der Waals surface area contributed by atoms with Crippen molar-refractivity contribution in [1.82, 2.24) is 5.32 Å². The van der Waals surface area contributed by atoms with Crippen LogP contribution in [0.25, 0.3) is 0 Å². The largest absolute Gasteiger partial charge is 0.457 e. The molecule has 3 rings (SSSR count). The van der Waals surface area contributed by atoms with Crippen LogP contribution in [0, 0.1) is 5.92 Å². The van der Waals surface area contributed by atoms with E-state index in [1.165, 1.54) is 12.1 Å². The number of anilines is 1. The van der Waals surface area contributed by atoms with Gasteiger partial charge < -0.3 is 10.1 Å². The summed E-state index contributed by atoms with van der Waals surface area (Å²) in [7, 11) is -3.95. The molecule has 3 aromatic rings. The Balaban J connectivity index is 1.89. The van der Waals surface area contributed by atoms with Crippen LogP contribution >= 0.6 is 0 Å². The Morgan fingerprint density at radius 3 is 1.94 bits per heavy atom. The normalized spacial score (nSPS) is 12.2. The van der Waals surface area contributed by atoms with Gasteiger partial charge in [-0.05, 0) is 61.4 Å². The number of nitrogens with zero attached hydrogens (tertiary/aromatic N) is 1. The summed E-state index contributed by atoms with van der Waals surface area (Å²) in [5.41, 5.74) is 0.376. The second-order valence-electron chi connectivity index (χ2n) is 7.83. The minimum absolute atomic E-state index is 0.0783. The first-order chi connectivity index (χ1) is 15.3. The van der Waals surface area contributed by atoms with Crippen LogP contribution in [0.2, 0.25) is 0 Å². The lowest BCUT2D eigenvalue weighted by atomic mass is 10.1. The minimum atomic E-state index is -3.95. The predicted octanol–water partition coefficient (Wildman–Crippen LogP) is 4.83. The lowest BCUT2D eigenvalue weighted by Gasteiger charge is -2.26. The average molecular weight is 453 g/mol. The molecule has 0 fully saturated rings. The van der Waals surface area contributed by atoms with Gasteiger partial charge in [-0.2, -0.15) is 0 Å². The highest BCUT2D eigenvalue weighted by Gasteiger charge is 2.27. The summed E-state index contributed by atoms with van der Waals surface area (Å²) >= 11 is 0. The van der Waals surface area contributed by atoms with Crippen molar-refractivity contribution >= 4 is 21.6 Å². The Bertz CT molecular complexity index is 1120. The molecule has 32 heavy (non-hydrogen) atoms. The minimum Gasteiger partial charge on any atom is -0.457 e. The van der Waals surface area contributed by atoms with Crippen molar-refractivity contribution in [2.45, 2.75) is 31.7 Å². The highest BCUT2D eigenvalue weighted by Crippen LogP contribution is 2.28. The molecule has 0 radical (unpaired) electrons. The number of ether oxygens (including phenoxy) is 1. The van der Waals surface area contributed by atoms with E-state index < -0.39 is 10.0 Å². The van der Waals surface area contributed by atoms with E-state index in [1.807, 2.05) is 51.1 Å². The van der Waals surface area contributed by atoms with Gasteiger partial charge in [0.05, 0.1) is 10.6 Å². The van der Waals surface area contributed by atoms with E-state index in [-0.39, 0.29) is 29.3 Å². The van der Waals surface area contributed by atoms with E-state index in [4.69, 9.17) is 4.74 Å². The molecular formula is C25H28N2O4S. The summed E-state index contributed by atoms with van der Waals surface area (Å²) in [6.45, 7) is 5.56. The van der Waals surface area contributed by atoms with Crippen LogP contribution in [0.3, 0.4) is 0 Å². The van der Waals surface area contributed by atoms with Gasteiger partial charge in [0.2, 0.25) is 5.91 Å². The fourth-order valence-corrected chi connectivity index (χ4v) is 4.38. The van der Waals surface area contributed by atoms with Gasteiger partial charge in [-0.3, -0.25) is 9.10 Å². The van der Waals surface area contributed by atoms with E-state index in [0.717, 1.165) is 4.31 Å². The molecule has 168 valence electrons. The number of amides is 1. The van der Waals surface area contributed by atoms with E-state index in [0.29, 0.717) is 17.2 Å². The summed E-state index contributed by atoms with van der Waals surface area (Å²) < 4.78 is 33.7. The van der Waals surface area contributed by atoms with Crippen LogP contribution in [0.1, 0.15) is 20.8 Å². The maximum Gasteiger partial charge on any atom is 0.264 e. The van der Waals surface area contributed by atoms with Crippen LogP contribution in [0.5, 0.6) is 11.5 Å². The number of carbonyl (C=O) groups excluding carboxylic acids is 1. The van der Waals surface area contributed by atoms with Crippen LogP contribution in [-0.2, 0) is 14.8 Å². The molecule has 1 amide bonds. The molecule has 0 aliphatic rings. The van der Waals surface area contributed by atoms with E-state index in [9.17, 15) is 13.2 Å². The van der Waals surface area contributed by atoms with Crippen LogP contribution in [0.4, 0.5) is 5.69 Å². The third-order valence-corrected chi connectivity index (χ3v) is 6.90. The third-order valence-electron chi connectivity index (χ3n) is 5.11. The van der Waals surface area contributed by atoms with Gasteiger partial charge in [0, 0.05) is 6.04 Å². The Morgan fingerprint density at radius 1 is 0.844 bits per heavy atom. The first-order valence-corrected chi connectivity index (χ1v) is 11.9. The quantitative estimate of drug-likeness (QED) is 0.504. The maximum atomic E-state index is 13.4. The number of para-hydroxylation sites is 1. The molecule has 1 N–H and O–H groups in total. The van der Waals surface area contributed by atoms with E-state index >= 15 is 0 Å². The van der Waals surface area contributed by atoms with Gasteiger partial charge >= 0.3 is 0 Å². The monoisotopic (exact) mass is 452 g/mol. The van der Waals surface area contributed by atoms with Crippen molar-refractivity contribution < 1.29 is 17.9 Å². The fourth-order valence-electron chi connectivity index (χ4n) is 2.94. The smallest absolute Gasteiger partial charge is 0.264 e. The van der Waals surface area contributed by atoms with Gasteiger partial charge in [0.25, 0.3) is 10.0 Å². The number of benzene rings is 3. The molecule has 0 spiro atoms. The van der Waals surface area contributed by atoms with Gasteiger partial charge in [0.1, 0.15) is 18.0 Å². The predicted molar refractivity (Wildman–Crippen MR) is 126 cm³/mol. The molecule has 1 atom stereocenters. The number of hydrogen-bond acceptors (Lipinski definition) is 4. The Morgan fingerprint density at radius 2 is 1.38 bits per heavy atom. The topological polar surface area (TPSA) is 75.7 Å². The first kappa shape index (κ1) is 23.3. The molecule has 0 saturated heterocycles. The zero-order valence-electron chi connectivity index (χ0n) is 18.4. The van der Waals surface area contributed by atoms with Crippen molar-refractivity contribution in [2.24, 2.45) is 5.92 Å². The van der Waals surface area contributed by atoms with E-state index in [2.05, 4.69) is 5.32 Å². The summed E-state index contributed by atoms with van der Waals surface area (Å²) in [5, 5.41) is 2.88. The molecule has 0 aromatic heterocycles. The van der Waals surface area contributed by atoms with E-state index in [1.54, 1.807) is 42.5 Å². The molecule has 3 aromatic carbocycles. The van der Waals surface area contributed by atoms with Crippen molar-refractivity contribution in [3.05, 3.63) is 84.9 Å². The standard InChI is InChI=1S/C25H28N2O4S/c1-19(2)20(3)26-25(28)18-27(32(29,30)24-12-8-5-9-13-24)21-14-16-23(17-15-21)31-22-10-6-4-7-11-22/h4-17,19-20H,18H2,1-3H3,(H,26,28)/t20-/m1/s1. The molecule has 0 aliphatic carbocycles. The third kappa shape index (κ3) is 5.88. The second kappa shape index (κ2) is 10.3. The summed E-state index contributed by atoms with van der Waals surface area (Å²) in [6.07, 6.45) is 0. The summed E-state index contributed by atoms with van der Waals surface area (Å²) in [6, 6.07) is 24.0. The lowest BCUT2D eigenvalue weighted by molar-refractivity contribution is -0.120. The molecular weight excluding hydrogens is 424 g/mol. The number of sulfonamides is 1. The van der Waals surface area contributed by atoms with Crippen molar-refractivity contribution in [1.29, 1.82) is 0 Å². The average Bonchev–Trinajstić information content (AvgIpc) is 2.79. The molecule has 7 heteroatoms. The first-order valence-electron chi connectivity index (χ1n) is 10.5. The van der Waals surface area contributed by atoms with Crippen LogP contribution < -0.4 is 14.4 Å². The molecule has 0 saturated carbocycles. The van der Waals surface area contributed by atoms with Gasteiger partial charge in [-0.15, -0.1) is 0 Å². The Kier molecular flexibility index (Phi) is 7.53. The number of hydrogen-bond donors (Lipinski definition) is 1. The second-order valence-corrected chi connectivity index (χ2v) is 9.70. The zero-order valence-corrected chi connectivity index (χ0v) is 19.2. The van der Waals surface area contributed by atoms with Gasteiger partial charge in [0.15, 0.2) is 0 Å². The highest BCUT2D eigenvalue weighted by molar-refractivity contribution is 7.92. The maximum absolute atomic E-state index is 13.4.